The van der Waals surface area contributed by atoms with Crippen LogP contribution in [0.5, 0.6) is 0 Å². The second-order valence-electron chi connectivity index (χ2n) is 12.7. The number of hydrogen-bond donors (Lipinski definition) is 4. The van der Waals surface area contributed by atoms with Crippen LogP contribution in [-0.2, 0) is 59.8 Å². The summed E-state index contributed by atoms with van der Waals surface area (Å²) < 4.78 is 110. The first kappa shape index (κ1) is 57.6. The number of hydrogen-bond acceptors (Lipinski definition) is 4. The smallest absolute Gasteiger partial charge is 0.418 e. The van der Waals surface area contributed by atoms with Gasteiger partial charge in [0.2, 0.25) is 0 Å². The number of halogens is 8. The van der Waals surface area contributed by atoms with Gasteiger partial charge in [-0.1, -0.05) is 146 Å². The molecule has 0 spiro atoms. The molecule has 19 heteroatoms. The average molecular weight is 1040 g/mol. The third kappa shape index (κ3) is 25.2. The molecule has 0 unspecified atom stereocenters. The summed E-state index contributed by atoms with van der Waals surface area (Å²) in [5.41, 5.74) is 0. The van der Waals surface area contributed by atoms with Crippen molar-refractivity contribution in [2.75, 3.05) is 0 Å². The number of nitrogens with one attached hydrogen (secondary N) is 4. The van der Waals surface area contributed by atoms with E-state index in [-0.39, 0.29) is 17.1 Å². The van der Waals surface area contributed by atoms with Crippen molar-refractivity contribution in [3.63, 3.8) is 0 Å². The van der Waals surface area contributed by atoms with E-state index in [9.17, 15) is 34.5 Å². The van der Waals surface area contributed by atoms with Gasteiger partial charge in [0, 0.05) is 39.2 Å². The van der Waals surface area contributed by atoms with E-state index in [0.717, 1.165) is 39.2 Å². The molecule has 8 aromatic rings. The van der Waals surface area contributed by atoms with Crippen molar-refractivity contribution < 1.29 is 51.6 Å². The molecule has 4 N–H and O–H groups in total. The normalized spacial score (nSPS) is 10.4. The van der Waals surface area contributed by atoms with Crippen molar-refractivity contribution in [2.45, 2.75) is 39.2 Å². The minimum Gasteiger partial charge on any atom is -0.418 e. The maximum atomic E-state index is 9.75. The van der Waals surface area contributed by atoms with Gasteiger partial charge in [0.1, 0.15) is 0 Å². The molecule has 8 rings (SSSR count). The third-order valence-corrected chi connectivity index (χ3v) is 13.8. The first-order chi connectivity index (χ1) is 31.5. The van der Waals surface area contributed by atoms with Crippen molar-refractivity contribution >= 4 is 57.3 Å². The molecule has 0 saturated carbocycles. The van der Waals surface area contributed by atoms with Crippen LogP contribution >= 0.6 is 0 Å². The fraction of sp³-hybridized carbons (Fsp3) is 0. The summed E-state index contributed by atoms with van der Waals surface area (Å²) in [6.07, 6.45) is 0. The minimum absolute atomic E-state index is 0. The van der Waals surface area contributed by atoms with Gasteiger partial charge in [-0.25, -0.2) is 0 Å². The van der Waals surface area contributed by atoms with Gasteiger partial charge in [0.05, 0.1) is 0 Å². The molecule has 0 heterocycles. The molecule has 0 saturated heterocycles. The fourth-order valence-corrected chi connectivity index (χ4v) is 9.52. The summed E-state index contributed by atoms with van der Waals surface area (Å²) in [7, 11) is -14.2. The van der Waals surface area contributed by atoms with Crippen LogP contribution in [0.25, 0.3) is 0 Å². The standard InChI is InChI=1S/4C12H11NS.2BF4.Cu/c4*13-14(11-7-3-1-4-8-11)12-9-5-2-6-10-12;2*2-1(3,4)5;/h4*1-10,13H;;;/q;;;;2*-1;+2. The van der Waals surface area contributed by atoms with E-state index in [4.69, 9.17) is 19.1 Å². The zero-order valence-electron chi connectivity index (χ0n) is 35.2. The Morgan fingerprint density at radius 2 is 0.284 bits per heavy atom. The van der Waals surface area contributed by atoms with E-state index in [1.165, 1.54) is 0 Å². The molecule has 0 bridgehead atoms. The van der Waals surface area contributed by atoms with Gasteiger partial charge < -0.3 is 34.5 Å². The van der Waals surface area contributed by atoms with Crippen LogP contribution in [0.3, 0.4) is 0 Å². The Balaban J connectivity index is 0.000000286. The molecule has 353 valence electrons. The van der Waals surface area contributed by atoms with Crippen LogP contribution in [0.15, 0.2) is 282 Å². The Labute approximate surface area is 407 Å². The largest absolute Gasteiger partial charge is 2.00 e. The van der Waals surface area contributed by atoms with Crippen LogP contribution in [0.1, 0.15) is 0 Å². The quantitative estimate of drug-likeness (QED) is 0.0862. The summed E-state index contributed by atoms with van der Waals surface area (Å²) >= 11 is 0. The van der Waals surface area contributed by atoms with Gasteiger partial charge in [0.25, 0.3) is 0 Å². The zero-order valence-corrected chi connectivity index (χ0v) is 39.4. The van der Waals surface area contributed by atoms with E-state index in [2.05, 4.69) is 0 Å². The maximum Gasteiger partial charge on any atom is 2.00 e. The maximum absolute atomic E-state index is 9.75. The van der Waals surface area contributed by atoms with E-state index in [1.807, 2.05) is 243 Å². The Morgan fingerprint density at radius 1 is 0.209 bits per heavy atom. The van der Waals surface area contributed by atoms with Gasteiger partial charge in [-0.2, -0.15) is 0 Å². The van der Waals surface area contributed by atoms with Crippen molar-refractivity contribution in [1.82, 2.24) is 0 Å². The average Bonchev–Trinajstić information content (AvgIpc) is 3.35. The molecule has 67 heavy (non-hydrogen) atoms. The van der Waals surface area contributed by atoms with Gasteiger partial charge in [0.15, 0.2) is 0 Å². The topological polar surface area (TPSA) is 95.4 Å². The summed E-state index contributed by atoms with van der Waals surface area (Å²) in [5.74, 6) is 0. The van der Waals surface area contributed by atoms with E-state index in [0.29, 0.717) is 0 Å². The zero-order chi connectivity index (χ0) is 48.2. The van der Waals surface area contributed by atoms with E-state index in [1.54, 1.807) is 0 Å². The van der Waals surface area contributed by atoms with Crippen LogP contribution in [0, 0.1) is 19.1 Å². The molecule has 0 aliphatic carbocycles. The second-order valence-corrected chi connectivity index (χ2v) is 18.9. The molecule has 0 fully saturated rings. The summed E-state index contributed by atoms with van der Waals surface area (Å²) in [6.45, 7) is 0. The molecule has 8 aromatic carbocycles. The van der Waals surface area contributed by atoms with E-state index < -0.39 is 57.3 Å². The monoisotopic (exact) mass is 1040 g/mol. The molecule has 0 atom stereocenters. The summed E-state index contributed by atoms with van der Waals surface area (Å²) in [4.78, 5) is 8.55. The molecule has 0 aromatic heterocycles. The Hall–Kier alpha value is -5.55. The summed E-state index contributed by atoms with van der Waals surface area (Å²) in [5, 5.41) is 0. The minimum atomic E-state index is -6.00. The van der Waals surface area contributed by atoms with Crippen LogP contribution < -0.4 is 0 Å². The Kier molecular flexibility index (Phi) is 27.0. The first-order valence-electron chi connectivity index (χ1n) is 19.5. The third-order valence-electron chi connectivity index (χ3n) is 7.83. The van der Waals surface area contributed by atoms with Crippen molar-refractivity contribution in [1.29, 1.82) is 19.1 Å². The second kappa shape index (κ2) is 31.4. The molecule has 0 amide bonds. The predicted octanol–water partition coefficient (Wildman–Crippen LogP) is 16.5. The molecule has 0 aliphatic heterocycles. The van der Waals surface area contributed by atoms with Gasteiger partial charge in [-0.3, -0.25) is 19.1 Å². The van der Waals surface area contributed by atoms with Gasteiger partial charge in [-0.15, -0.1) is 0 Å². The van der Waals surface area contributed by atoms with Gasteiger partial charge >= 0.3 is 31.6 Å². The van der Waals surface area contributed by atoms with Crippen molar-refractivity contribution in [3.8, 4) is 0 Å². The molecule has 4 nitrogen and oxygen atoms in total. The van der Waals surface area contributed by atoms with Crippen LogP contribution in [0.4, 0.5) is 34.5 Å². The first-order valence-corrected chi connectivity index (χ1v) is 24.4. The van der Waals surface area contributed by atoms with Crippen LogP contribution in [0.2, 0.25) is 0 Å². The van der Waals surface area contributed by atoms with E-state index >= 15 is 0 Å². The van der Waals surface area contributed by atoms with Crippen molar-refractivity contribution in [2.24, 2.45) is 0 Å². The molecular weight excluding hydrogens is 998 g/mol. The molecule has 1 radical (unpaired) electrons. The molecule has 0 aliphatic rings. The predicted molar refractivity (Wildman–Crippen MR) is 258 cm³/mol. The number of benzene rings is 8. The SMILES string of the molecule is F[B-](F)(F)F.F[B-](F)(F)F.N=S(c1ccccc1)c1ccccc1.N=S(c1ccccc1)c1ccccc1.N=S(c1ccccc1)c1ccccc1.N=S(c1ccccc1)c1ccccc1.[Cu+2]. The number of rotatable bonds is 8. The van der Waals surface area contributed by atoms with Crippen LogP contribution in [-0.4, -0.2) is 14.5 Å². The Morgan fingerprint density at radius 3 is 0.358 bits per heavy atom. The molecular formula is C48H44B2CuF8N4S4. The fourth-order valence-electron chi connectivity index (χ4n) is 5.00. The Bertz CT molecular complexity index is 2100. The van der Waals surface area contributed by atoms with Gasteiger partial charge in [-0.05, 0) is 140 Å². The van der Waals surface area contributed by atoms with Crippen molar-refractivity contribution in [3.05, 3.63) is 243 Å². The summed E-state index contributed by atoms with van der Waals surface area (Å²) in [6, 6.07) is 79.5.